The monoisotopic (exact) mass is 310 g/mol. The Balaban J connectivity index is 2.27. The number of aromatic carboxylic acids is 1. The number of carboxylic acid groups (broad SMARTS) is 1. The standard InChI is InChI=1S/C17H14N2O4/c18-7-8-19-14-12(17(22)23)6-5-11-13(14)16(21)10-4-2-1-3-9(10)15(11)20/h1-6,19H,7-8,18H2,(H,22,23). The fourth-order valence-electron chi connectivity index (χ4n) is 2.75. The number of hydrogen-bond acceptors (Lipinski definition) is 5. The molecule has 0 atom stereocenters. The van der Waals surface area contributed by atoms with Crippen LogP contribution in [0.1, 0.15) is 42.2 Å². The number of ketones is 2. The average molecular weight is 310 g/mol. The van der Waals surface area contributed by atoms with E-state index in [9.17, 15) is 19.5 Å². The molecule has 1 aliphatic rings. The van der Waals surface area contributed by atoms with E-state index in [0.717, 1.165) is 0 Å². The van der Waals surface area contributed by atoms with Crippen LogP contribution in [0.4, 0.5) is 5.69 Å². The molecule has 0 bridgehead atoms. The van der Waals surface area contributed by atoms with Crippen molar-refractivity contribution in [2.24, 2.45) is 5.73 Å². The molecule has 3 rings (SSSR count). The van der Waals surface area contributed by atoms with Crippen LogP contribution in [0.25, 0.3) is 0 Å². The van der Waals surface area contributed by atoms with Gasteiger partial charge in [-0.1, -0.05) is 24.3 Å². The summed E-state index contributed by atoms with van der Waals surface area (Å²) in [4.78, 5) is 36.8. The Bertz CT molecular complexity index is 842. The van der Waals surface area contributed by atoms with Crippen LogP contribution in [0, 0.1) is 0 Å². The summed E-state index contributed by atoms with van der Waals surface area (Å²) in [5.41, 5.74) is 6.46. The highest BCUT2D eigenvalue weighted by Gasteiger charge is 2.33. The minimum Gasteiger partial charge on any atom is -0.478 e. The van der Waals surface area contributed by atoms with Gasteiger partial charge in [-0.05, 0) is 12.1 Å². The number of hydrogen-bond donors (Lipinski definition) is 3. The van der Waals surface area contributed by atoms with Gasteiger partial charge >= 0.3 is 5.97 Å². The normalized spacial score (nSPS) is 12.6. The molecule has 0 radical (unpaired) electrons. The molecule has 1 aliphatic carbocycles. The Hall–Kier alpha value is -2.99. The maximum absolute atomic E-state index is 12.8. The summed E-state index contributed by atoms with van der Waals surface area (Å²) in [6.07, 6.45) is 0. The van der Waals surface area contributed by atoms with Gasteiger partial charge in [0.15, 0.2) is 11.6 Å². The van der Waals surface area contributed by atoms with E-state index < -0.39 is 5.97 Å². The third-order valence-corrected chi connectivity index (χ3v) is 3.77. The first-order valence-electron chi connectivity index (χ1n) is 7.09. The molecule has 116 valence electrons. The van der Waals surface area contributed by atoms with Crippen LogP contribution in [-0.4, -0.2) is 35.7 Å². The van der Waals surface area contributed by atoms with E-state index in [-0.39, 0.29) is 46.1 Å². The number of anilines is 1. The zero-order valence-electron chi connectivity index (χ0n) is 12.1. The van der Waals surface area contributed by atoms with Gasteiger partial charge < -0.3 is 16.2 Å². The Kier molecular flexibility index (Phi) is 3.67. The smallest absolute Gasteiger partial charge is 0.337 e. The zero-order chi connectivity index (χ0) is 16.6. The molecular formula is C17H14N2O4. The molecular weight excluding hydrogens is 296 g/mol. The summed E-state index contributed by atoms with van der Waals surface area (Å²) in [6, 6.07) is 9.24. The molecule has 0 saturated heterocycles. The molecule has 0 saturated carbocycles. The van der Waals surface area contributed by atoms with Gasteiger partial charge in [0.25, 0.3) is 0 Å². The third kappa shape index (κ3) is 2.29. The largest absolute Gasteiger partial charge is 0.478 e. The number of nitrogens with two attached hydrogens (primary N) is 1. The van der Waals surface area contributed by atoms with E-state index in [1.165, 1.54) is 12.1 Å². The highest BCUT2D eigenvalue weighted by Crippen LogP contribution is 2.34. The van der Waals surface area contributed by atoms with Gasteiger partial charge in [0.2, 0.25) is 0 Å². The van der Waals surface area contributed by atoms with Crippen LogP contribution in [0.3, 0.4) is 0 Å². The average Bonchev–Trinajstić information content (AvgIpc) is 2.56. The fraction of sp³-hybridized carbons (Fsp3) is 0.118. The summed E-state index contributed by atoms with van der Waals surface area (Å²) < 4.78 is 0. The Labute approximate surface area is 131 Å². The van der Waals surface area contributed by atoms with Gasteiger partial charge in [-0.2, -0.15) is 0 Å². The summed E-state index contributed by atoms with van der Waals surface area (Å²) in [5, 5.41) is 12.2. The molecule has 0 spiro atoms. The molecule has 0 heterocycles. The van der Waals surface area contributed by atoms with E-state index in [0.29, 0.717) is 12.1 Å². The van der Waals surface area contributed by atoms with Crippen LogP contribution in [-0.2, 0) is 0 Å². The molecule has 2 aromatic rings. The fourth-order valence-corrected chi connectivity index (χ4v) is 2.75. The van der Waals surface area contributed by atoms with Crippen LogP contribution < -0.4 is 11.1 Å². The van der Waals surface area contributed by atoms with Crippen LogP contribution in [0.5, 0.6) is 0 Å². The first-order valence-corrected chi connectivity index (χ1v) is 7.09. The van der Waals surface area contributed by atoms with Gasteiger partial charge in [0.1, 0.15) is 0 Å². The number of fused-ring (bicyclic) bond motifs is 2. The first kappa shape index (κ1) is 14.9. The lowest BCUT2D eigenvalue weighted by Gasteiger charge is -2.22. The van der Waals surface area contributed by atoms with E-state index in [1.54, 1.807) is 24.3 Å². The Morgan fingerprint density at radius 2 is 1.65 bits per heavy atom. The number of carboxylic acids is 1. The van der Waals surface area contributed by atoms with E-state index >= 15 is 0 Å². The molecule has 0 aliphatic heterocycles. The molecule has 0 fully saturated rings. The number of rotatable bonds is 4. The minimum atomic E-state index is -1.17. The lowest BCUT2D eigenvalue weighted by atomic mass is 9.82. The van der Waals surface area contributed by atoms with Gasteiger partial charge in [0.05, 0.1) is 16.8 Å². The van der Waals surface area contributed by atoms with Crippen molar-refractivity contribution in [3.8, 4) is 0 Å². The Morgan fingerprint density at radius 3 is 2.26 bits per heavy atom. The van der Waals surface area contributed by atoms with Gasteiger partial charge in [-0.3, -0.25) is 9.59 Å². The molecule has 0 amide bonds. The molecule has 4 N–H and O–H groups in total. The zero-order valence-corrected chi connectivity index (χ0v) is 12.1. The maximum Gasteiger partial charge on any atom is 0.337 e. The molecule has 0 unspecified atom stereocenters. The van der Waals surface area contributed by atoms with Crippen molar-refractivity contribution in [3.05, 3.63) is 64.2 Å². The second-order valence-electron chi connectivity index (χ2n) is 5.14. The van der Waals surface area contributed by atoms with Crippen molar-refractivity contribution in [3.63, 3.8) is 0 Å². The summed E-state index contributed by atoms with van der Waals surface area (Å²) in [7, 11) is 0. The van der Waals surface area contributed by atoms with Crippen molar-refractivity contribution in [2.45, 2.75) is 0 Å². The topological polar surface area (TPSA) is 109 Å². The summed E-state index contributed by atoms with van der Waals surface area (Å²) >= 11 is 0. The molecule has 6 nitrogen and oxygen atoms in total. The lowest BCUT2D eigenvalue weighted by molar-refractivity contribution is 0.0697. The molecule has 2 aromatic carbocycles. The predicted octanol–water partition coefficient (Wildman–Crippen LogP) is 1.53. The third-order valence-electron chi connectivity index (χ3n) is 3.77. The number of carbonyl (C=O) groups excluding carboxylic acids is 2. The number of benzene rings is 2. The van der Waals surface area contributed by atoms with Crippen molar-refractivity contribution in [1.29, 1.82) is 0 Å². The second kappa shape index (κ2) is 5.66. The van der Waals surface area contributed by atoms with Gasteiger partial charge in [-0.25, -0.2) is 4.79 Å². The SMILES string of the molecule is NCCNc1c(C(=O)O)ccc2c1C(=O)c1ccccc1C2=O. The van der Waals surface area contributed by atoms with Crippen LogP contribution >= 0.6 is 0 Å². The van der Waals surface area contributed by atoms with E-state index in [2.05, 4.69) is 5.32 Å². The summed E-state index contributed by atoms with van der Waals surface area (Å²) in [6.45, 7) is 0.557. The predicted molar refractivity (Wildman–Crippen MR) is 84.3 cm³/mol. The molecule has 23 heavy (non-hydrogen) atoms. The number of carbonyl (C=O) groups is 3. The van der Waals surface area contributed by atoms with E-state index in [1.807, 2.05) is 0 Å². The van der Waals surface area contributed by atoms with Gasteiger partial charge in [-0.15, -0.1) is 0 Å². The van der Waals surface area contributed by atoms with Crippen LogP contribution in [0.2, 0.25) is 0 Å². The van der Waals surface area contributed by atoms with Gasteiger partial charge in [0, 0.05) is 29.8 Å². The lowest BCUT2D eigenvalue weighted by Crippen LogP contribution is -2.25. The highest BCUT2D eigenvalue weighted by atomic mass is 16.4. The molecule has 0 aromatic heterocycles. The highest BCUT2D eigenvalue weighted by molar-refractivity contribution is 6.31. The maximum atomic E-state index is 12.8. The van der Waals surface area contributed by atoms with Crippen LogP contribution in [0.15, 0.2) is 36.4 Å². The van der Waals surface area contributed by atoms with Crippen molar-refractivity contribution in [1.82, 2.24) is 0 Å². The van der Waals surface area contributed by atoms with Crippen molar-refractivity contribution < 1.29 is 19.5 Å². The minimum absolute atomic E-state index is 0.0577. The first-order chi connectivity index (χ1) is 11.1. The van der Waals surface area contributed by atoms with Crippen molar-refractivity contribution >= 4 is 23.2 Å². The quantitative estimate of drug-likeness (QED) is 0.674. The second-order valence-corrected chi connectivity index (χ2v) is 5.14. The Morgan fingerprint density at radius 1 is 1.00 bits per heavy atom. The number of nitrogens with one attached hydrogen (secondary N) is 1. The van der Waals surface area contributed by atoms with E-state index in [4.69, 9.17) is 5.73 Å². The molecule has 6 heteroatoms. The van der Waals surface area contributed by atoms with Crippen molar-refractivity contribution in [2.75, 3.05) is 18.4 Å². The summed E-state index contributed by atoms with van der Waals surface area (Å²) in [5.74, 6) is -1.83.